The van der Waals surface area contributed by atoms with Crippen LogP contribution in [0, 0.1) is 27.7 Å². The lowest BCUT2D eigenvalue weighted by atomic mass is 9.96. The Hall–Kier alpha value is -3.32. The molecule has 0 N–H and O–H groups in total. The number of hydrogen-bond donors (Lipinski definition) is 0. The maximum absolute atomic E-state index is 12.1. The van der Waals surface area contributed by atoms with Crippen molar-refractivity contribution in [1.82, 2.24) is 0 Å². The minimum absolute atomic E-state index is 0.363. The van der Waals surface area contributed by atoms with Crippen LogP contribution in [-0.4, -0.2) is 39.4 Å². The Labute approximate surface area is 197 Å². The molecule has 7 heteroatoms. The second-order valence-corrected chi connectivity index (χ2v) is 9.09. The van der Waals surface area contributed by atoms with Crippen LogP contribution in [0.5, 0.6) is 11.5 Å². The minimum Gasteiger partial charge on any atom is -0.485 e. The van der Waals surface area contributed by atoms with Gasteiger partial charge in [-0.3, -0.25) is 0 Å². The Bertz CT molecular complexity index is 1130. The van der Waals surface area contributed by atoms with Gasteiger partial charge < -0.3 is 18.9 Å². The van der Waals surface area contributed by atoms with E-state index in [0.717, 1.165) is 43.1 Å². The van der Waals surface area contributed by atoms with E-state index in [1.54, 1.807) is 11.3 Å². The summed E-state index contributed by atoms with van der Waals surface area (Å²) in [6, 6.07) is 7.35. The lowest BCUT2D eigenvalue weighted by Crippen LogP contribution is -2.15. The van der Waals surface area contributed by atoms with Crippen LogP contribution in [0.15, 0.2) is 24.3 Å². The van der Waals surface area contributed by atoms with Crippen LogP contribution in [0.4, 0.5) is 0 Å². The van der Waals surface area contributed by atoms with Gasteiger partial charge in [0.15, 0.2) is 11.5 Å². The second-order valence-electron chi connectivity index (χ2n) is 8.07. The standard InChI is InChI=1S/C26H26O6S/c1-13-9-17(25(27)29-5)10-14(2)19(13)23-21-22(32-8-7-31-21)24(33-23)20-15(3)11-18(12-16(20)4)26(28)30-6/h9-12H,7-8H2,1-6H3. The predicted octanol–water partition coefficient (Wildman–Crippen LogP) is 5.66. The highest BCUT2D eigenvalue weighted by Crippen LogP contribution is 2.55. The summed E-state index contributed by atoms with van der Waals surface area (Å²) < 4.78 is 22.0. The molecule has 0 radical (unpaired) electrons. The summed E-state index contributed by atoms with van der Waals surface area (Å²) in [6.45, 7) is 8.84. The molecule has 33 heavy (non-hydrogen) atoms. The fourth-order valence-electron chi connectivity index (χ4n) is 4.39. The molecule has 0 bridgehead atoms. The van der Waals surface area contributed by atoms with Crippen LogP contribution in [0.2, 0.25) is 0 Å². The monoisotopic (exact) mass is 466 g/mol. The maximum atomic E-state index is 12.1. The zero-order valence-corrected chi connectivity index (χ0v) is 20.4. The van der Waals surface area contributed by atoms with E-state index < -0.39 is 0 Å². The first-order valence-corrected chi connectivity index (χ1v) is 11.4. The molecule has 2 aromatic carbocycles. The highest BCUT2D eigenvalue weighted by atomic mass is 32.1. The number of rotatable bonds is 4. The van der Waals surface area contributed by atoms with E-state index in [0.29, 0.717) is 35.8 Å². The highest BCUT2D eigenvalue weighted by Gasteiger charge is 2.29. The number of fused-ring (bicyclic) bond motifs is 1. The van der Waals surface area contributed by atoms with Crippen molar-refractivity contribution >= 4 is 23.3 Å². The Kier molecular flexibility index (Phi) is 6.17. The summed E-state index contributed by atoms with van der Waals surface area (Å²) in [6.07, 6.45) is 0. The van der Waals surface area contributed by atoms with Crippen LogP contribution >= 0.6 is 11.3 Å². The van der Waals surface area contributed by atoms with E-state index in [-0.39, 0.29) is 11.9 Å². The lowest BCUT2D eigenvalue weighted by molar-refractivity contribution is 0.0591. The van der Waals surface area contributed by atoms with E-state index in [4.69, 9.17) is 18.9 Å². The smallest absolute Gasteiger partial charge is 0.337 e. The second kappa shape index (κ2) is 8.90. The first-order valence-electron chi connectivity index (χ1n) is 10.6. The average molecular weight is 467 g/mol. The third kappa shape index (κ3) is 3.97. The van der Waals surface area contributed by atoms with Crippen molar-refractivity contribution in [3.05, 3.63) is 57.6 Å². The molecule has 0 fully saturated rings. The molecular formula is C26H26O6S. The molecule has 1 aromatic heterocycles. The molecule has 0 spiro atoms. The summed E-state index contributed by atoms with van der Waals surface area (Å²) in [5.41, 5.74) is 6.88. The normalized spacial score (nSPS) is 12.4. The minimum atomic E-state index is -0.363. The van der Waals surface area contributed by atoms with E-state index in [2.05, 4.69) is 0 Å². The third-order valence-corrected chi connectivity index (χ3v) is 6.95. The molecule has 3 aromatic rings. The Balaban J connectivity index is 1.92. The van der Waals surface area contributed by atoms with Gasteiger partial charge in [0.05, 0.1) is 35.1 Å². The number of methoxy groups -OCH3 is 2. The Morgan fingerprint density at radius 2 is 1.03 bits per heavy atom. The van der Waals surface area contributed by atoms with Gasteiger partial charge in [-0.15, -0.1) is 11.3 Å². The summed E-state index contributed by atoms with van der Waals surface area (Å²) in [4.78, 5) is 26.0. The number of carbonyl (C=O) groups is 2. The number of aryl methyl sites for hydroxylation is 4. The maximum Gasteiger partial charge on any atom is 0.337 e. The molecule has 0 amide bonds. The van der Waals surface area contributed by atoms with Gasteiger partial charge in [-0.25, -0.2) is 9.59 Å². The lowest BCUT2D eigenvalue weighted by Gasteiger charge is -2.19. The molecule has 0 unspecified atom stereocenters. The topological polar surface area (TPSA) is 71.1 Å². The molecule has 0 saturated heterocycles. The molecule has 1 aliphatic rings. The molecule has 0 aliphatic carbocycles. The van der Waals surface area contributed by atoms with Crippen LogP contribution in [-0.2, 0) is 9.47 Å². The Morgan fingerprint density at radius 1 is 0.697 bits per heavy atom. The van der Waals surface area contributed by atoms with Crippen molar-refractivity contribution in [2.75, 3.05) is 27.4 Å². The van der Waals surface area contributed by atoms with E-state index in [1.807, 2.05) is 52.0 Å². The van der Waals surface area contributed by atoms with Crippen LogP contribution in [0.3, 0.4) is 0 Å². The van der Waals surface area contributed by atoms with Crippen LogP contribution < -0.4 is 9.47 Å². The van der Waals surface area contributed by atoms with E-state index in [1.165, 1.54) is 14.2 Å². The fraction of sp³-hybridized carbons (Fsp3) is 0.308. The van der Waals surface area contributed by atoms with E-state index >= 15 is 0 Å². The third-order valence-electron chi connectivity index (χ3n) is 5.76. The number of thiophene rings is 1. The van der Waals surface area contributed by atoms with Crippen molar-refractivity contribution < 1.29 is 28.5 Å². The molecule has 0 saturated carbocycles. The van der Waals surface area contributed by atoms with Crippen LogP contribution in [0.1, 0.15) is 43.0 Å². The molecule has 6 nitrogen and oxygen atoms in total. The zero-order chi connectivity index (χ0) is 23.9. The number of ether oxygens (including phenoxy) is 4. The number of carbonyl (C=O) groups excluding carboxylic acids is 2. The van der Waals surface area contributed by atoms with Gasteiger partial charge in [0.1, 0.15) is 13.2 Å². The fourth-order valence-corrected chi connectivity index (χ4v) is 5.94. The molecule has 172 valence electrons. The van der Waals surface area contributed by atoms with E-state index in [9.17, 15) is 9.59 Å². The molecule has 0 atom stereocenters. The quantitative estimate of drug-likeness (QED) is 0.462. The number of hydrogen-bond acceptors (Lipinski definition) is 7. The van der Waals surface area contributed by atoms with Gasteiger partial charge in [0, 0.05) is 11.1 Å². The van der Waals surface area contributed by atoms with Crippen LogP contribution in [0.25, 0.3) is 20.9 Å². The summed E-state index contributed by atoms with van der Waals surface area (Å²) >= 11 is 1.60. The van der Waals surface area contributed by atoms with Gasteiger partial charge in [-0.1, -0.05) is 0 Å². The van der Waals surface area contributed by atoms with Crippen molar-refractivity contribution in [2.24, 2.45) is 0 Å². The van der Waals surface area contributed by atoms with Gasteiger partial charge >= 0.3 is 11.9 Å². The number of benzene rings is 2. The van der Waals surface area contributed by atoms with Crippen molar-refractivity contribution in [3.63, 3.8) is 0 Å². The van der Waals surface area contributed by atoms with Gasteiger partial charge in [-0.2, -0.15) is 0 Å². The molecule has 2 heterocycles. The first-order chi connectivity index (χ1) is 15.8. The summed E-state index contributed by atoms with van der Waals surface area (Å²) in [7, 11) is 2.76. The van der Waals surface area contributed by atoms with Gasteiger partial charge in [-0.05, 0) is 74.2 Å². The number of esters is 2. The SMILES string of the molecule is COC(=O)c1cc(C)c(-c2sc(-c3c(C)cc(C(=O)OC)cc3C)c3c2OCCO3)c(C)c1. The average Bonchev–Trinajstić information content (AvgIpc) is 3.16. The van der Waals surface area contributed by atoms with Gasteiger partial charge in [0.2, 0.25) is 0 Å². The largest absolute Gasteiger partial charge is 0.485 e. The van der Waals surface area contributed by atoms with Gasteiger partial charge in [0.25, 0.3) is 0 Å². The zero-order valence-electron chi connectivity index (χ0n) is 19.6. The summed E-state index contributed by atoms with van der Waals surface area (Å²) in [5.74, 6) is 0.708. The predicted molar refractivity (Wildman–Crippen MR) is 128 cm³/mol. The molecular weight excluding hydrogens is 440 g/mol. The first kappa shape index (κ1) is 22.9. The Morgan fingerprint density at radius 3 is 1.33 bits per heavy atom. The molecule has 1 aliphatic heterocycles. The molecule has 4 rings (SSSR count). The summed E-state index contributed by atoms with van der Waals surface area (Å²) in [5, 5.41) is 0. The van der Waals surface area contributed by atoms with Crippen molar-refractivity contribution in [1.29, 1.82) is 0 Å². The van der Waals surface area contributed by atoms with Crippen molar-refractivity contribution in [2.45, 2.75) is 27.7 Å². The van der Waals surface area contributed by atoms with Crippen molar-refractivity contribution in [3.8, 4) is 32.4 Å². The highest BCUT2D eigenvalue weighted by molar-refractivity contribution is 7.19.